The fraction of sp³-hybridized carbons (Fsp3) is 0.441. The van der Waals surface area contributed by atoms with Crippen LogP contribution >= 0.6 is 0 Å². The molecule has 0 aromatic heterocycles. The highest BCUT2D eigenvalue weighted by Gasteiger charge is 2.01. The van der Waals surface area contributed by atoms with Crippen molar-refractivity contribution in [1.29, 1.82) is 5.26 Å². The van der Waals surface area contributed by atoms with E-state index >= 15 is 0 Å². The van der Waals surface area contributed by atoms with E-state index in [1.54, 1.807) is 0 Å². The molecular weight excluding hydrogens is 454 g/mol. The lowest BCUT2D eigenvalue weighted by atomic mass is 10.0. The van der Waals surface area contributed by atoms with Crippen molar-refractivity contribution in [1.82, 2.24) is 0 Å². The number of rotatable bonds is 18. The minimum atomic E-state index is 0.684. The highest BCUT2D eigenvalue weighted by Crippen LogP contribution is 2.23. The van der Waals surface area contributed by atoms with Gasteiger partial charge in [0.05, 0.1) is 24.8 Å². The molecule has 37 heavy (non-hydrogen) atoms. The smallest absolute Gasteiger partial charge is 0.119 e. The Balaban J connectivity index is 1.13. The van der Waals surface area contributed by atoms with Crippen molar-refractivity contribution in [2.75, 3.05) is 13.2 Å². The summed E-state index contributed by atoms with van der Waals surface area (Å²) in [6, 6.07) is 26.7. The highest BCUT2D eigenvalue weighted by molar-refractivity contribution is 5.64. The Kier molecular flexibility index (Phi) is 13.2. The molecule has 0 unspecified atom stereocenters. The second kappa shape index (κ2) is 17.2. The van der Waals surface area contributed by atoms with Crippen molar-refractivity contribution in [3.63, 3.8) is 0 Å². The van der Waals surface area contributed by atoms with Gasteiger partial charge >= 0.3 is 0 Å². The Hall–Kier alpha value is -3.25. The van der Waals surface area contributed by atoms with Gasteiger partial charge < -0.3 is 9.47 Å². The third-order valence-corrected chi connectivity index (χ3v) is 6.77. The molecule has 3 nitrogen and oxygen atoms in total. The van der Waals surface area contributed by atoms with Crippen LogP contribution in [0, 0.1) is 11.3 Å². The summed E-state index contributed by atoms with van der Waals surface area (Å²) < 4.78 is 11.8. The quantitative estimate of drug-likeness (QED) is 0.164. The van der Waals surface area contributed by atoms with E-state index in [-0.39, 0.29) is 0 Å². The number of benzene rings is 3. The molecule has 3 rings (SSSR count). The van der Waals surface area contributed by atoms with Crippen molar-refractivity contribution in [3.05, 3.63) is 83.9 Å². The first-order valence-corrected chi connectivity index (χ1v) is 14.2. The molecule has 0 fully saturated rings. The van der Waals surface area contributed by atoms with Crippen LogP contribution < -0.4 is 9.47 Å². The summed E-state index contributed by atoms with van der Waals surface area (Å²) in [5, 5.41) is 8.93. The number of hydrogen-bond acceptors (Lipinski definition) is 3. The lowest BCUT2D eigenvalue weighted by Gasteiger charge is -2.08. The molecule has 3 aromatic carbocycles. The molecule has 0 aliphatic rings. The Morgan fingerprint density at radius 3 is 1.43 bits per heavy atom. The lowest BCUT2D eigenvalue weighted by Crippen LogP contribution is -1.98. The van der Waals surface area contributed by atoms with Gasteiger partial charge in [-0.1, -0.05) is 94.7 Å². The van der Waals surface area contributed by atoms with Crippen LogP contribution in [0.4, 0.5) is 0 Å². The lowest BCUT2D eigenvalue weighted by molar-refractivity contribution is 0.302. The van der Waals surface area contributed by atoms with Crippen molar-refractivity contribution in [2.24, 2.45) is 0 Å². The summed E-state index contributed by atoms with van der Waals surface area (Å²) in [7, 11) is 0. The molecule has 0 radical (unpaired) electrons. The van der Waals surface area contributed by atoms with Gasteiger partial charge in [-0.25, -0.2) is 0 Å². The zero-order valence-corrected chi connectivity index (χ0v) is 22.6. The molecule has 0 N–H and O–H groups in total. The molecule has 0 atom stereocenters. The van der Waals surface area contributed by atoms with Crippen LogP contribution in [0.2, 0.25) is 0 Å². The number of aryl methyl sites for hydroxylation is 1. The second-order valence-corrected chi connectivity index (χ2v) is 9.84. The van der Waals surface area contributed by atoms with Crippen molar-refractivity contribution < 1.29 is 9.47 Å². The van der Waals surface area contributed by atoms with Crippen molar-refractivity contribution in [2.45, 2.75) is 84.0 Å². The van der Waals surface area contributed by atoms with Crippen molar-refractivity contribution in [3.8, 4) is 28.7 Å². The van der Waals surface area contributed by atoms with Crippen LogP contribution in [-0.4, -0.2) is 13.2 Å². The molecule has 3 aromatic rings. The van der Waals surface area contributed by atoms with E-state index in [0.29, 0.717) is 5.56 Å². The number of unbranched alkanes of at least 4 members (excludes halogenated alkanes) is 9. The molecule has 0 aliphatic carbocycles. The van der Waals surface area contributed by atoms with Gasteiger partial charge in [0.25, 0.3) is 0 Å². The Morgan fingerprint density at radius 2 is 0.973 bits per heavy atom. The van der Waals surface area contributed by atoms with E-state index in [9.17, 15) is 0 Å². The van der Waals surface area contributed by atoms with Crippen LogP contribution in [0.15, 0.2) is 72.8 Å². The zero-order chi connectivity index (χ0) is 26.0. The van der Waals surface area contributed by atoms with E-state index in [0.717, 1.165) is 48.7 Å². The standard InChI is InChI=1S/C34H43NO2/c1-2-3-13-29-16-22-33(23-17-29)36-26-11-9-7-5-4-6-8-10-12-27-37-34-24-20-32(21-25-34)31-18-14-30(28-35)15-19-31/h14-25H,2-13,26-27H2,1H3. The van der Waals surface area contributed by atoms with Crippen LogP contribution in [-0.2, 0) is 6.42 Å². The number of hydrogen-bond donors (Lipinski definition) is 0. The van der Waals surface area contributed by atoms with Gasteiger partial charge in [-0.15, -0.1) is 0 Å². The molecule has 0 spiro atoms. The van der Waals surface area contributed by atoms with Gasteiger partial charge in [0.2, 0.25) is 0 Å². The summed E-state index contributed by atoms with van der Waals surface area (Å²) in [6.07, 6.45) is 15.0. The summed E-state index contributed by atoms with van der Waals surface area (Å²) >= 11 is 0. The maximum absolute atomic E-state index is 8.93. The largest absolute Gasteiger partial charge is 0.494 e. The Bertz CT molecular complexity index is 1030. The minimum absolute atomic E-state index is 0.684. The van der Waals surface area contributed by atoms with E-state index < -0.39 is 0 Å². The highest BCUT2D eigenvalue weighted by atomic mass is 16.5. The molecular formula is C34H43NO2. The third kappa shape index (κ3) is 11.1. The van der Waals surface area contributed by atoms with Gasteiger partial charge in [0.15, 0.2) is 0 Å². The van der Waals surface area contributed by atoms with Gasteiger partial charge in [-0.3, -0.25) is 0 Å². The average molecular weight is 498 g/mol. The molecule has 0 bridgehead atoms. The summed E-state index contributed by atoms with van der Waals surface area (Å²) in [5.74, 6) is 1.93. The molecule has 0 aliphatic heterocycles. The normalized spacial score (nSPS) is 10.7. The minimum Gasteiger partial charge on any atom is -0.494 e. The van der Waals surface area contributed by atoms with E-state index in [2.05, 4.69) is 49.4 Å². The van der Waals surface area contributed by atoms with Crippen LogP contribution in [0.1, 0.15) is 88.7 Å². The third-order valence-electron chi connectivity index (χ3n) is 6.77. The molecule has 0 amide bonds. The Morgan fingerprint density at radius 1 is 0.541 bits per heavy atom. The fourth-order valence-electron chi connectivity index (χ4n) is 4.44. The predicted molar refractivity (Wildman–Crippen MR) is 154 cm³/mol. The fourth-order valence-corrected chi connectivity index (χ4v) is 4.44. The number of ether oxygens (including phenoxy) is 2. The summed E-state index contributed by atoms with van der Waals surface area (Å²) in [6.45, 7) is 3.84. The van der Waals surface area contributed by atoms with Crippen LogP contribution in [0.25, 0.3) is 11.1 Å². The van der Waals surface area contributed by atoms with Crippen LogP contribution in [0.3, 0.4) is 0 Å². The Labute approximate surface area is 224 Å². The average Bonchev–Trinajstić information content (AvgIpc) is 2.95. The van der Waals surface area contributed by atoms with Gasteiger partial charge in [-0.05, 0) is 78.8 Å². The molecule has 196 valence electrons. The molecule has 3 heteroatoms. The monoisotopic (exact) mass is 497 g/mol. The molecule has 0 saturated carbocycles. The maximum atomic E-state index is 8.93. The molecule has 0 saturated heterocycles. The maximum Gasteiger partial charge on any atom is 0.119 e. The van der Waals surface area contributed by atoms with E-state index in [1.807, 2.05) is 36.4 Å². The van der Waals surface area contributed by atoms with Crippen molar-refractivity contribution >= 4 is 0 Å². The number of nitrogens with zero attached hydrogens (tertiary/aromatic N) is 1. The summed E-state index contributed by atoms with van der Waals surface area (Å²) in [4.78, 5) is 0. The number of nitriles is 1. The predicted octanol–water partition coefficient (Wildman–Crippen LogP) is 9.54. The van der Waals surface area contributed by atoms with Gasteiger partial charge in [-0.2, -0.15) is 5.26 Å². The van der Waals surface area contributed by atoms with E-state index in [4.69, 9.17) is 14.7 Å². The summed E-state index contributed by atoms with van der Waals surface area (Å²) in [5.41, 5.74) is 4.34. The zero-order valence-electron chi connectivity index (χ0n) is 22.6. The molecule has 0 heterocycles. The second-order valence-electron chi connectivity index (χ2n) is 9.84. The van der Waals surface area contributed by atoms with Gasteiger partial charge in [0.1, 0.15) is 11.5 Å². The first-order valence-electron chi connectivity index (χ1n) is 14.2. The van der Waals surface area contributed by atoms with Gasteiger partial charge in [0, 0.05) is 0 Å². The van der Waals surface area contributed by atoms with E-state index in [1.165, 1.54) is 69.8 Å². The topological polar surface area (TPSA) is 42.2 Å². The SMILES string of the molecule is CCCCc1ccc(OCCCCCCCCCCCOc2ccc(-c3ccc(C#N)cc3)cc2)cc1. The first-order chi connectivity index (χ1) is 18.3. The van der Waals surface area contributed by atoms with Crippen LogP contribution in [0.5, 0.6) is 11.5 Å². The first kappa shape index (κ1) is 28.3.